The summed E-state index contributed by atoms with van der Waals surface area (Å²) in [5, 5.41) is 0. The van der Waals surface area contributed by atoms with Gasteiger partial charge in [0.25, 0.3) is 0 Å². The van der Waals surface area contributed by atoms with Crippen molar-refractivity contribution >= 4 is 5.82 Å². The molecule has 0 saturated carbocycles. The lowest BCUT2D eigenvalue weighted by molar-refractivity contribution is 0.413. The van der Waals surface area contributed by atoms with Gasteiger partial charge in [0.15, 0.2) is 0 Å². The Bertz CT molecular complexity index is 321. The third kappa shape index (κ3) is 2.39. The van der Waals surface area contributed by atoms with Gasteiger partial charge in [-0.25, -0.2) is 4.98 Å². The smallest absolute Gasteiger partial charge is 0.132 e. The zero-order valence-corrected chi connectivity index (χ0v) is 9.02. The van der Waals surface area contributed by atoms with Crippen LogP contribution >= 0.6 is 0 Å². The van der Waals surface area contributed by atoms with Crippen molar-refractivity contribution in [1.82, 2.24) is 4.98 Å². The van der Waals surface area contributed by atoms with Crippen molar-refractivity contribution < 1.29 is 4.74 Å². The monoisotopic (exact) mass is 207 g/mol. The number of pyridine rings is 1. The molecule has 0 atom stereocenters. The summed E-state index contributed by atoms with van der Waals surface area (Å²) in [6.07, 6.45) is 3.86. The molecule has 4 nitrogen and oxygen atoms in total. The fourth-order valence-electron chi connectivity index (χ4n) is 1.83. The Morgan fingerprint density at radius 1 is 1.47 bits per heavy atom. The van der Waals surface area contributed by atoms with E-state index in [9.17, 15) is 0 Å². The molecule has 2 heterocycles. The third-order valence-corrected chi connectivity index (χ3v) is 2.82. The molecule has 0 radical (unpaired) electrons. The van der Waals surface area contributed by atoms with Crippen LogP contribution in [0.15, 0.2) is 18.3 Å². The summed E-state index contributed by atoms with van der Waals surface area (Å²) in [6, 6.07) is 4.18. The highest BCUT2D eigenvalue weighted by Crippen LogP contribution is 2.20. The van der Waals surface area contributed by atoms with E-state index in [4.69, 9.17) is 10.5 Å². The first kappa shape index (κ1) is 10.2. The number of hydrogen-bond donors (Lipinski definition) is 1. The summed E-state index contributed by atoms with van der Waals surface area (Å²) in [4.78, 5) is 6.60. The maximum absolute atomic E-state index is 5.86. The average Bonchev–Trinajstić information content (AvgIpc) is 2.30. The molecule has 0 aromatic carbocycles. The number of piperidine rings is 1. The molecule has 1 fully saturated rings. The van der Waals surface area contributed by atoms with Crippen LogP contribution < -0.4 is 15.4 Å². The second kappa shape index (κ2) is 4.49. The molecule has 0 bridgehead atoms. The van der Waals surface area contributed by atoms with E-state index >= 15 is 0 Å². The summed E-state index contributed by atoms with van der Waals surface area (Å²) in [7, 11) is 1.67. The van der Waals surface area contributed by atoms with Gasteiger partial charge in [-0.15, -0.1) is 0 Å². The van der Waals surface area contributed by atoms with Gasteiger partial charge in [-0.3, -0.25) is 0 Å². The van der Waals surface area contributed by atoms with Crippen molar-refractivity contribution in [3.8, 4) is 5.75 Å². The summed E-state index contributed by atoms with van der Waals surface area (Å²) in [5.41, 5.74) is 5.86. The van der Waals surface area contributed by atoms with Gasteiger partial charge in [0.05, 0.1) is 7.11 Å². The Kier molecular flexibility index (Phi) is 3.06. The number of nitrogens with zero attached hydrogens (tertiary/aromatic N) is 2. The zero-order valence-electron chi connectivity index (χ0n) is 9.02. The van der Waals surface area contributed by atoms with Crippen LogP contribution in [0.2, 0.25) is 0 Å². The van der Waals surface area contributed by atoms with E-state index in [2.05, 4.69) is 9.88 Å². The molecule has 1 aliphatic heterocycles. The molecule has 82 valence electrons. The number of aromatic nitrogens is 1. The molecule has 0 amide bonds. The van der Waals surface area contributed by atoms with E-state index in [-0.39, 0.29) is 0 Å². The predicted octanol–water partition coefficient (Wildman–Crippen LogP) is 1.02. The van der Waals surface area contributed by atoms with E-state index in [1.807, 2.05) is 12.1 Å². The van der Waals surface area contributed by atoms with Crippen LogP contribution in [0.5, 0.6) is 5.75 Å². The standard InChI is InChI=1S/C11H17N3O/c1-15-10-2-5-13-11(8-10)14-6-3-9(12)4-7-14/h2,5,8-9H,3-4,6-7,12H2,1H3. The van der Waals surface area contributed by atoms with E-state index in [0.29, 0.717) is 6.04 Å². The van der Waals surface area contributed by atoms with Gasteiger partial charge in [0.1, 0.15) is 11.6 Å². The second-order valence-electron chi connectivity index (χ2n) is 3.88. The van der Waals surface area contributed by atoms with Crippen molar-refractivity contribution in [2.45, 2.75) is 18.9 Å². The van der Waals surface area contributed by atoms with Crippen molar-refractivity contribution in [2.75, 3.05) is 25.1 Å². The van der Waals surface area contributed by atoms with Gasteiger partial charge < -0.3 is 15.4 Å². The van der Waals surface area contributed by atoms with E-state index in [0.717, 1.165) is 37.5 Å². The van der Waals surface area contributed by atoms with Crippen LogP contribution in [0.25, 0.3) is 0 Å². The second-order valence-corrected chi connectivity index (χ2v) is 3.88. The van der Waals surface area contributed by atoms with E-state index in [1.165, 1.54) is 0 Å². The van der Waals surface area contributed by atoms with Crippen LogP contribution in [0.4, 0.5) is 5.82 Å². The van der Waals surface area contributed by atoms with Gasteiger partial charge >= 0.3 is 0 Å². The highest BCUT2D eigenvalue weighted by atomic mass is 16.5. The Balaban J connectivity index is 2.08. The first-order valence-electron chi connectivity index (χ1n) is 5.30. The highest BCUT2D eigenvalue weighted by molar-refractivity contribution is 5.43. The lowest BCUT2D eigenvalue weighted by Gasteiger charge is -2.31. The van der Waals surface area contributed by atoms with Gasteiger partial charge in [-0.2, -0.15) is 0 Å². The molecular weight excluding hydrogens is 190 g/mol. The average molecular weight is 207 g/mol. The van der Waals surface area contributed by atoms with Gasteiger partial charge in [0.2, 0.25) is 0 Å². The lowest BCUT2D eigenvalue weighted by atomic mass is 10.1. The van der Waals surface area contributed by atoms with Crippen molar-refractivity contribution in [3.05, 3.63) is 18.3 Å². The zero-order chi connectivity index (χ0) is 10.7. The normalized spacial score (nSPS) is 17.9. The molecule has 0 unspecified atom stereocenters. The highest BCUT2D eigenvalue weighted by Gasteiger charge is 2.17. The van der Waals surface area contributed by atoms with Crippen LogP contribution in [-0.2, 0) is 0 Å². The molecule has 2 rings (SSSR count). The summed E-state index contributed by atoms with van der Waals surface area (Å²) < 4.78 is 5.18. The lowest BCUT2D eigenvalue weighted by Crippen LogP contribution is -2.40. The summed E-state index contributed by atoms with van der Waals surface area (Å²) in [5.74, 6) is 1.84. The molecule has 0 aliphatic carbocycles. The van der Waals surface area contributed by atoms with Crippen LogP contribution in [0, 0.1) is 0 Å². The quantitative estimate of drug-likeness (QED) is 0.786. The summed E-state index contributed by atoms with van der Waals surface area (Å²) >= 11 is 0. The fraction of sp³-hybridized carbons (Fsp3) is 0.545. The topological polar surface area (TPSA) is 51.4 Å². The largest absolute Gasteiger partial charge is 0.497 e. The molecule has 0 spiro atoms. The first-order valence-corrected chi connectivity index (χ1v) is 5.30. The number of rotatable bonds is 2. The number of nitrogens with two attached hydrogens (primary N) is 1. The van der Waals surface area contributed by atoms with Crippen LogP contribution in [-0.4, -0.2) is 31.2 Å². The van der Waals surface area contributed by atoms with Crippen LogP contribution in [0.1, 0.15) is 12.8 Å². The predicted molar refractivity (Wildman–Crippen MR) is 60.2 cm³/mol. The number of anilines is 1. The molecule has 1 saturated heterocycles. The minimum absolute atomic E-state index is 0.354. The van der Waals surface area contributed by atoms with Crippen LogP contribution in [0.3, 0.4) is 0 Å². The van der Waals surface area contributed by atoms with E-state index in [1.54, 1.807) is 13.3 Å². The van der Waals surface area contributed by atoms with Crippen molar-refractivity contribution in [3.63, 3.8) is 0 Å². The Labute approximate surface area is 90.0 Å². The maximum Gasteiger partial charge on any atom is 0.132 e. The molecule has 1 aromatic heterocycles. The van der Waals surface area contributed by atoms with E-state index < -0.39 is 0 Å². The Morgan fingerprint density at radius 3 is 2.87 bits per heavy atom. The molecular formula is C11H17N3O. The number of hydrogen-bond acceptors (Lipinski definition) is 4. The third-order valence-electron chi connectivity index (χ3n) is 2.82. The van der Waals surface area contributed by atoms with Crippen molar-refractivity contribution in [2.24, 2.45) is 5.73 Å². The molecule has 2 N–H and O–H groups in total. The number of methoxy groups -OCH3 is 1. The molecule has 4 heteroatoms. The molecule has 1 aliphatic rings. The minimum atomic E-state index is 0.354. The SMILES string of the molecule is COc1ccnc(N2CCC(N)CC2)c1. The number of ether oxygens (including phenoxy) is 1. The minimum Gasteiger partial charge on any atom is -0.497 e. The molecule has 1 aromatic rings. The Morgan fingerprint density at radius 2 is 2.20 bits per heavy atom. The fourth-order valence-corrected chi connectivity index (χ4v) is 1.83. The van der Waals surface area contributed by atoms with Crippen molar-refractivity contribution in [1.29, 1.82) is 0 Å². The van der Waals surface area contributed by atoms with Gasteiger partial charge in [-0.1, -0.05) is 0 Å². The summed E-state index contributed by atoms with van der Waals surface area (Å²) in [6.45, 7) is 1.97. The maximum atomic E-state index is 5.86. The molecule has 15 heavy (non-hydrogen) atoms. The Hall–Kier alpha value is -1.29. The van der Waals surface area contributed by atoms with Gasteiger partial charge in [0, 0.05) is 31.4 Å². The van der Waals surface area contributed by atoms with Gasteiger partial charge in [-0.05, 0) is 18.9 Å². The first-order chi connectivity index (χ1) is 7.29.